The van der Waals surface area contributed by atoms with Gasteiger partial charge in [0.2, 0.25) is 0 Å². The third kappa shape index (κ3) is 9.64. The Morgan fingerprint density at radius 3 is 1.16 bits per heavy atom. The van der Waals surface area contributed by atoms with Crippen molar-refractivity contribution in [1.29, 1.82) is 0 Å². The largest absolute Gasteiger partial charge is 0.507 e. The number of benzene rings is 1. The summed E-state index contributed by atoms with van der Waals surface area (Å²) >= 11 is 0. The van der Waals surface area contributed by atoms with Gasteiger partial charge in [-0.05, 0) is 90.0 Å². The fraction of sp³-hybridized carbons (Fsp3) is 0.714. The molecule has 1 N–H and O–H groups in total. The zero-order valence-corrected chi connectivity index (χ0v) is 27.1. The number of hydrogen-bond acceptors (Lipinski definition) is 7. The topological polar surface area (TPSA) is 91.3 Å². The molecule has 37 heavy (non-hydrogen) atoms. The highest BCUT2D eigenvalue weighted by Crippen LogP contribution is 2.75. The molecule has 7 nitrogen and oxygen atoms in total. The van der Waals surface area contributed by atoms with Crippen molar-refractivity contribution in [2.24, 2.45) is 0 Å². The monoisotopic (exact) mass is 560 g/mol. The second-order valence-electron chi connectivity index (χ2n) is 12.6. The lowest BCUT2D eigenvalue weighted by Crippen LogP contribution is -2.17. The second-order valence-corrected chi connectivity index (χ2v) is 16.7. The van der Waals surface area contributed by atoms with Crippen LogP contribution in [0.15, 0.2) is 17.2 Å². The van der Waals surface area contributed by atoms with E-state index in [1.807, 2.05) is 53.7 Å². The maximum Gasteiger partial charge on any atom is 0.370 e. The van der Waals surface area contributed by atoms with Gasteiger partial charge in [-0.2, -0.15) is 0 Å². The normalized spacial score (nSPS) is 13.8. The summed E-state index contributed by atoms with van der Waals surface area (Å²) in [6.07, 6.45) is -0.422. The third-order valence-electron chi connectivity index (χ3n) is 5.00. The summed E-state index contributed by atoms with van der Waals surface area (Å²) in [6, 6.07) is 3.63. The smallest absolute Gasteiger partial charge is 0.370 e. The van der Waals surface area contributed by atoms with Crippen LogP contribution in [-0.4, -0.2) is 29.5 Å². The molecule has 0 aliphatic rings. The van der Waals surface area contributed by atoms with Gasteiger partial charge in [0.25, 0.3) is 0 Å². The van der Waals surface area contributed by atoms with Crippen LogP contribution in [0.1, 0.15) is 114 Å². The molecule has 214 valence electrons. The Morgan fingerprint density at radius 2 is 0.946 bits per heavy atom. The Labute approximate surface area is 225 Å². The van der Waals surface area contributed by atoms with Gasteiger partial charge in [-0.15, -0.1) is 0 Å². The maximum absolute atomic E-state index is 14.5. The van der Waals surface area contributed by atoms with Crippen molar-refractivity contribution in [3.63, 3.8) is 0 Å². The minimum atomic E-state index is -4.18. The molecule has 0 aliphatic carbocycles. The predicted molar refractivity (Wildman–Crippen MR) is 154 cm³/mol. The predicted octanol–water partition coefficient (Wildman–Crippen LogP) is 9.37. The van der Waals surface area contributed by atoms with Gasteiger partial charge in [-0.1, -0.05) is 41.5 Å². The van der Waals surface area contributed by atoms with Crippen molar-refractivity contribution in [1.82, 2.24) is 0 Å². The highest BCUT2D eigenvalue weighted by Gasteiger charge is 2.48. The minimum Gasteiger partial charge on any atom is -0.507 e. The summed E-state index contributed by atoms with van der Waals surface area (Å²) in [5.74, 6) is 0.207. The first-order valence-corrected chi connectivity index (χ1v) is 16.1. The van der Waals surface area contributed by atoms with E-state index in [0.717, 1.165) is 0 Å². The molecule has 9 heteroatoms. The highest BCUT2D eigenvalue weighted by atomic mass is 31.2. The molecule has 0 saturated carbocycles. The van der Waals surface area contributed by atoms with E-state index in [0.29, 0.717) is 16.7 Å². The lowest BCUT2D eigenvalue weighted by atomic mass is 9.78. The van der Waals surface area contributed by atoms with Crippen LogP contribution in [-0.2, 0) is 38.1 Å². The molecule has 0 unspecified atom stereocenters. The van der Waals surface area contributed by atoms with Gasteiger partial charge >= 0.3 is 15.2 Å². The Hall–Kier alpha value is -0.940. The fourth-order valence-corrected chi connectivity index (χ4v) is 8.85. The van der Waals surface area contributed by atoms with E-state index < -0.39 is 50.4 Å². The van der Waals surface area contributed by atoms with E-state index in [1.165, 1.54) is 0 Å². The highest BCUT2D eigenvalue weighted by molar-refractivity contribution is 7.79. The number of hydrogen-bond donors (Lipinski definition) is 1. The van der Waals surface area contributed by atoms with Crippen LogP contribution in [0.25, 0.3) is 6.08 Å². The van der Waals surface area contributed by atoms with Crippen molar-refractivity contribution >= 4 is 21.3 Å². The molecule has 0 heterocycles. The van der Waals surface area contributed by atoms with Crippen molar-refractivity contribution in [3.8, 4) is 5.75 Å². The van der Waals surface area contributed by atoms with E-state index in [4.69, 9.17) is 18.1 Å². The molecule has 0 bridgehead atoms. The molecule has 1 rings (SSSR count). The van der Waals surface area contributed by atoms with E-state index in [-0.39, 0.29) is 10.8 Å². The van der Waals surface area contributed by atoms with Crippen LogP contribution in [0, 0.1) is 0 Å². The van der Waals surface area contributed by atoms with Crippen molar-refractivity contribution in [2.45, 2.75) is 132 Å². The van der Waals surface area contributed by atoms with Gasteiger partial charge in [0.15, 0.2) is 5.06 Å². The van der Waals surface area contributed by atoms with Gasteiger partial charge in [-0.3, -0.25) is 9.13 Å². The molecule has 0 fully saturated rings. The van der Waals surface area contributed by atoms with Gasteiger partial charge in [-0.25, -0.2) is 0 Å². The van der Waals surface area contributed by atoms with Crippen LogP contribution in [0.2, 0.25) is 0 Å². The van der Waals surface area contributed by atoms with E-state index in [2.05, 4.69) is 0 Å². The summed E-state index contributed by atoms with van der Waals surface area (Å²) < 4.78 is 52.5. The van der Waals surface area contributed by atoms with Crippen LogP contribution in [0.5, 0.6) is 5.75 Å². The minimum absolute atomic E-state index is 0.157. The van der Waals surface area contributed by atoms with Crippen molar-refractivity contribution in [2.75, 3.05) is 0 Å². The molecular weight excluding hydrogens is 510 g/mol. The molecule has 0 spiro atoms. The zero-order valence-electron chi connectivity index (χ0n) is 25.3. The second kappa shape index (κ2) is 12.5. The molecule has 0 amide bonds. The van der Waals surface area contributed by atoms with Crippen LogP contribution in [0.4, 0.5) is 0 Å². The van der Waals surface area contributed by atoms with Crippen LogP contribution < -0.4 is 0 Å². The first-order valence-electron chi connectivity index (χ1n) is 13.1. The number of rotatable bonds is 11. The Morgan fingerprint density at radius 1 is 0.676 bits per heavy atom. The number of aromatic hydroxyl groups is 1. The maximum atomic E-state index is 14.5. The summed E-state index contributed by atoms with van der Waals surface area (Å²) in [6.45, 7) is 25.9. The molecule has 1 aromatic rings. The zero-order chi connectivity index (χ0) is 29.1. The molecule has 0 atom stereocenters. The van der Waals surface area contributed by atoms with E-state index in [1.54, 1.807) is 61.5 Å². The summed E-state index contributed by atoms with van der Waals surface area (Å²) in [4.78, 5) is 0. The van der Waals surface area contributed by atoms with Gasteiger partial charge in [0.05, 0.1) is 24.4 Å². The first-order chi connectivity index (χ1) is 16.5. The standard InChI is InChI=1S/C28H50O7P2/c1-18(2)32-36(30,33-19(3)4)25(37(31,34-20(5)6)35-21(7)8)17-22-15-23(27(9,10)11)26(29)24(16-22)28(12,13)14/h15-21,29H,1-14H3. The molecule has 0 aromatic heterocycles. The number of phenols is 1. The van der Waals surface area contributed by atoms with Crippen LogP contribution in [0.3, 0.4) is 0 Å². The van der Waals surface area contributed by atoms with E-state index >= 15 is 0 Å². The van der Waals surface area contributed by atoms with E-state index in [9.17, 15) is 14.2 Å². The van der Waals surface area contributed by atoms with Gasteiger partial charge in [0, 0.05) is 11.1 Å². The van der Waals surface area contributed by atoms with Gasteiger partial charge in [0.1, 0.15) is 5.75 Å². The summed E-state index contributed by atoms with van der Waals surface area (Å²) in [5.41, 5.74) is 1.21. The molecule has 0 radical (unpaired) electrons. The van der Waals surface area contributed by atoms with Crippen LogP contribution >= 0.6 is 15.2 Å². The first kappa shape index (κ1) is 34.1. The van der Waals surface area contributed by atoms with Crippen molar-refractivity contribution < 1.29 is 32.3 Å². The fourth-order valence-electron chi connectivity index (χ4n) is 3.72. The number of phenolic OH excluding ortho intramolecular Hbond substituents is 1. The van der Waals surface area contributed by atoms with Gasteiger partial charge < -0.3 is 23.2 Å². The average Bonchev–Trinajstić information content (AvgIpc) is 2.61. The van der Waals surface area contributed by atoms with Crippen molar-refractivity contribution in [3.05, 3.63) is 33.9 Å². The lowest BCUT2D eigenvalue weighted by Gasteiger charge is -2.31. The molecule has 1 aromatic carbocycles. The Bertz CT molecular complexity index is 939. The Kier molecular flexibility index (Phi) is 11.5. The Balaban J connectivity index is 4.24. The SMILES string of the molecule is CC(C)OP(=O)(OC(C)C)C(=Cc1cc(C(C)(C)C)c(O)c(C(C)(C)C)c1)P(=O)(OC(C)C)OC(C)C. The summed E-state index contributed by atoms with van der Waals surface area (Å²) in [5, 5.41) is 11.0. The molecule has 0 aliphatic heterocycles. The average molecular weight is 561 g/mol. The summed E-state index contributed by atoms with van der Waals surface area (Å²) in [7, 11) is -8.36. The lowest BCUT2D eigenvalue weighted by molar-refractivity contribution is 0.138. The molecule has 0 saturated heterocycles. The quantitative estimate of drug-likeness (QED) is 0.270. The molecular formula is C28H50O7P2. The third-order valence-corrected chi connectivity index (χ3v) is 10.7.